The zero-order valence-corrected chi connectivity index (χ0v) is 16.8. The van der Waals surface area contributed by atoms with Gasteiger partial charge in [-0.3, -0.25) is 4.79 Å². The number of Topliss-reactive ketones (excluding diaryl/α,β-unsaturated/α-hetero) is 1. The van der Waals surface area contributed by atoms with Crippen LogP contribution in [0.25, 0.3) is 11.4 Å². The second kappa shape index (κ2) is 9.58. The number of hydrogen-bond acceptors (Lipinski definition) is 5. The van der Waals surface area contributed by atoms with Gasteiger partial charge in [0.1, 0.15) is 18.2 Å². The van der Waals surface area contributed by atoms with Crippen molar-refractivity contribution in [1.82, 2.24) is 14.8 Å². The van der Waals surface area contributed by atoms with Gasteiger partial charge in [0, 0.05) is 12.0 Å². The van der Waals surface area contributed by atoms with Crippen LogP contribution in [0.3, 0.4) is 0 Å². The van der Waals surface area contributed by atoms with Crippen molar-refractivity contribution in [3.8, 4) is 11.4 Å². The summed E-state index contributed by atoms with van der Waals surface area (Å²) in [6.07, 6.45) is 0.464. The summed E-state index contributed by atoms with van der Waals surface area (Å²) in [6.45, 7) is 1.52. The van der Waals surface area contributed by atoms with Gasteiger partial charge in [-0.2, -0.15) is 0 Å². The Morgan fingerprint density at radius 2 is 1.97 bits per heavy atom. The van der Waals surface area contributed by atoms with Gasteiger partial charge in [-0.1, -0.05) is 23.7 Å². The molecule has 3 rings (SSSR count). The smallest absolute Gasteiger partial charge is 0.376 e. The topological polar surface area (TPSA) is 74.1 Å². The molecule has 0 unspecified atom stereocenters. The monoisotopic (exact) mass is 433 g/mol. The van der Waals surface area contributed by atoms with E-state index >= 15 is 0 Å². The van der Waals surface area contributed by atoms with Crippen molar-refractivity contribution >= 4 is 23.4 Å². The Balaban J connectivity index is 1.80. The molecule has 0 N–H and O–H groups in total. The van der Waals surface area contributed by atoms with Gasteiger partial charge in [0.2, 0.25) is 5.82 Å². The maximum absolute atomic E-state index is 13.8. The average molecular weight is 434 g/mol. The van der Waals surface area contributed by atoms with Gasteiger partial charge in [0.15, 0.2) is 11.6 Å². The molecule has 1 heterocycles. The Morgan fingerprint density at radius 3 is 2.67 bits per heavy atom. The first-order chi connectivity index (χ1) is 14.4. The number of aryl methyl sites for hydroxylation is 1. The first-order valence-electron chi connectivity index (χ1n) is 9.21. The summed E-state index contributed by atoms with van der Waals surface area (Å²) < 4.78 is 33.2. The number of ether oxygens (including phenoxy) is 1. The predicted molar refractivity (Wildman–Crippen MR) is 106 cm³/mol. The number of rotatable bonds is 8. The number of carbonyl (C=O) groups is 2. The fourth-order valence-corrected chi connectivity index (χ4v) is 2.90. The number of esters is 1. The molecule has 3 aromatic rings. The molecule has 0 bridgehead atoms. The van der Waals surface area contributed by atoms with E-state index in [4.69, 9.17) is 16.3 Å². The SMILES string of the molecule is CCOC(=O)c1nc(-c2ccc(Cl)c(F)c2)nn1CC(=O)CCc1cccc(F)c1. The Bertz CT molecular complexity index is 1090. The minimum absolute atomic E-state index is 0.0590. The van der Waals surface area contributed by atoms with Gasteiger partial charge in [-0.25, -0.2) is 23.2 Å². The van der Waals surface area contributed by atoms with Gasteiger partial charge >= 0.3 is 5.97 Å². The van der Waals surface area contributed by atoms with E-state index in [1.54, 1.807) is 19.1 Å². The van der Waals surface area contributed by atoms with E-state index in [1.807, 2.05) is 0 Å². The van der Waals surface area contributed by atoms with Crippen molar-refractivity contribution in [2.45, 2.75) is 26.3 Å². The number of hydrogen-bond donors (Lipinski definition) is 0. The van der Waals surface area contributed by atoms with Crippen LogP contribution in [0, 0.1) is 11.6 Å². The van der Waals surface area contributed by atoms with Gasteiger partial charge in [-0.05, 0) is 49.2 Å². The molecule has 0 saturated carbocycles. The highest BCUT2D eigenvalue weighted by Crippen LogP contribution is 2.22. The lowest BCUT2D eigenvalue weighted by Gasteiger charge is -2.05. The van der Waals surface area contributed by atoms with Crippen LogP contribution in [0.5, 0.6) is 0 Å². The summed E-state index contributed by atoms with van der Waals surface area (Å²) in [4.78, 5) is 28.8. The third kappa shape index (κ3) is 5.27. The Hall–Kier alpha value is -3.13. The minimum Gasteiger partial charge on any atom is -0.460 e. The molecule has 0 spiro atoms. The van der Waals surface area contributed by atoms with Crippen LogP contribution in [0.2, 0.25) is 5.02 Å². The van der Waals surface area contributed by atoms with E-state index in [-0.39, 0.29) is 47.8 Å². The minimum atomic E-state index is -0.747. The van der Waals surface area contributed by atoms with Crippen LogP contribution in [0.15, 0.2) is 42.5 Å². The average Bonchev–Trinajstić information content (AvgIpc) is 3.12. The molecule has 2 aromatic carbocycles. The number of nitrogens with zero attached hydrogens (tertiary/aromatic N) is 3. The molecule has 0 amide bonds. The van der Waals surface area contributed by atoms with Gasteiger partial charge in [0.25, 0.3) is 0 Å². The van der Waals surface area contributed by atoms with Crippen LogP contribution in [0.1, 0.15) is 29.5 Å². The van der Waals surface area contributed by atoms with E-state index in [2.05, 4.69) is 10.1 Å². The number of benzene rings is 2. The molecule has 0 fully saturated rings. The molecule has 0 atom stereocenters. The fraction of sp³-hybridized carbons (Fsp3) is 0.238. The first-order valence-corrected chi connectivity index (χ1v) is 9.58. The second-order valence-electron chi connectivity index (χ2n) is 6.43. The standard InChI is InChI=1S/C21H18ClF2N3O3/c1-2-30-21(29)20-25-19(14-7-9-17(22)18(24)11-14)26-27(20)12-16(28)8-6-13-4-3-5-15(23)10-13/h3-5,7,9-11H,2,6,8,12H2,1H3. The van der Waals surface area contributed by atoms with E-state index in [0.29, 0.717) is 17.5 Å². The van der Waals surface area contributed by atoms with Gasteiger partial charge in [-0.15, -0.1) is 5.10 Å². The molecule has 0 aliphatic rings. The Labute approximate surface area is 176 Å². The molecular weight excluding hydrogens is 416 g/mol. The number of carbonyl (C=O) groups excluding carboxylic acids is 2. The Morgan fingerprint density at radius 1 is 1.17 bits per heavy atom. The molecule has 30 heavy (non-hydrogen) atoms. The summed E-state index contributed by atoms with van der Waals surface area (Å²) in [5, 5.41) is 4.12. The maximum atomic E-state index is 13.8. The summed E-state index contributed by atoms with van der Waals surface area (Å²) >= 11 is 5.70. The van der Waals surface area contributed by atoms with Gasteiger partial charge < -0.3 is 4.74 Å². The normalized spacial score (nSPS) is 10.8. The molecule has 156 valence electrons. The second-order valence-corrected chi connectivity index (χ2v) is 6.84. The summed E-state index contributed by atoms with van der Waals surface area (Å²) in [5.74, 6) is -2.12. The molecule has 6 nitrogen and oxygen atoms in total. The highest BCUT2D eigenvalue weighted by atomic mass is 35.5. The molecule has 0 radical (unpaired) electrons. The highest BCUT2D eigenvalue weighted by molar-refractivity contribution is 6.30. The zero-order chi connectivity index (χ0) is 21.7. The predicted octanol–water partition coefficient (Wildman–Crippen LogP) is 4.26. The van der Waals surface area contributed by atoms with Crippen molar-refractivity contribution in [2.24, 2.45) is 0 Å². The zero-order valence-electron chi connectivity index (χ0n) is 16.1. The van der Waals surface area contributed by atoms with Crippen molar-refractivity contribution in [1.29, 1.82) is 0 Å². The molecule has 0 saturated heterocycles. The van der Waals surface area contributed by atoms with Crippen LogP contribution < -0.4 is 0 Å². The van der Waals surface area contributed by atoms with E-state index in [1.165, 1.54) is 24.3 Å². The van der Waals surface area contributed by atoms with Crippen molar-refractivity contribution in [3.05, 3.63) is 70.5 Å². The number of aromatic nitrogens is 3. The lowest BCUT2D eigenvalue weighted by Crippen LogP contribution is -2.19. The number of ketones is 1. The third-order valence-electron chi connectivity index (χ3n) is 4.22. The highest BCUT2D eigenvalue weighted by Gasteiger charge is 2.21. The first kappa shape index (κ1) is 21.6. The van der Waals surface area contributed by atoms with E-state index < -0.39 is 11.8 Å². The Kier molecular flexibility index (Phi) is 6.89. The lowest BCUT2D eigenvalue weighted by molar-refractivity contribution is -0.119. The van der Waals surface area contributed by atoms with Crippen LogP contribution in [-0.2, 0) is 22.5 Å². The molecule has 0 aliphatic heterocycles. The van der Waals surface area contributed by atoms with Crippen molar-refractivity contribution < 1.29 is 23.1 Å². The van der Waals surface area contributed by atoms with E-state index in [0.717, 1.165) is 10.7 Å². The number of halogens is 3. The van der Waals surface area contributed by atoms with Crippen LogP contribution in [0.4, 0.5) is 8.78 Å². The largest absolute Gasteiger partial charge is 0.460 e. The molecular formula is C21H18ClF2N3O3. The fourth-order valence-electron chi connectivity index (χ4n) is 2.78. The van der Waals surface area contributed by atoms with Crippen molar-refractivity contribution in [2.75, 3.05) is 6.61 Å². The quantitative estimate of drug-likeness (QED) is 0.496. The van der Waals surface area contributed by atoms with Gasteiger partial charge in [0.05, 0.1) is 11.6 Å². The summed E-state index contributed by atoms with van der Waals surface area (Å²) in [7, 11) is 0. The van der Waals surface area contributed by atoms with Crippen LogP contribution in [-0.4, -0.2) is 33.1 Å². The molecule has 9 heteroatoms. The third-order valence-corrected chi connectivity index (χ3v) is 4.52. The maximum Gasteiger partial charge on any atom is 0.376 e. The lowest BCUT2D eigenvalue weighted by atomic mass is 10.1. The summed E-state index contributed by atoms with van der Waals surface area (Å²) in [5.41, 5.74) is 0.985. The molecule has 0 aliphatic carbocycles. The molecule has 1 aromatic heterocycles. The van der Waals surface area contributed by atoms with Crippen LogP contribution >= 0.6 is 11.6 Å². The van der Waals surface area contributed by atoms with Crippen molar-refractivity contribution in [3.63, 3.8) is 0 Å². The van der Waals surface area contributed by atoms with E-state index in [9.17, 15) is 18.4 Å². The summed E-state index contributed by atoms with van der Waals surface area (Å²) in [6, 6.07) is 9.98.